The number of nitrogens with zero attached hydrogens (tertiary/aromatic N) is 6. The van der Waals surface area contributed by atoms with Crippen LogP contribution in [0.1, 0.15) is 11.3 Å². The first-order chi connectivity index (χ1) is 14.2. The molecule has 0 atom stereocenters. The van der Waals surface area contributed by atoms with Gasteiger partial charge in [-0.05, 0) is 42.1 Å². The van der Waals surface area contributed by atoms with Crippen molar-refractivity contribution in [3.05, 3.63) is 53.7 Å². The number of aromatic nitrogens is 3. The molecular formula is C21H21N7O. The fraction of sp³-hybridized carbons (Fsp3) is 0.286. The van der Waals surface area contributed by atoms with Gasteiger partial charge in [-0.15, -0.1) is 10.2 Å². The second-order valence-electron chi connectivity index (χ2n) is 7.50. The molecule has 1 aromatic heterocycles. The average molecular weight is 387 g/mol. The lowest BCUT2D eigenvalue weighted by Crippen LogP contribution is -2.43. The van der Waals surface area contributed by atoms with E-state index in [0.29, 0.717) is 16.9 Å². The number of amides is 1. The summed E-state index contributed by atoms with van der Waals surface area (Å²) in [4.78, 5) is 22.1. The molecule has 1 N–H and O–H groups in total. The van der Waals surface area contributed by atoms with Crippen LogP contribution in [0.4, 0.5) is 11.4 Å². The molecule has 1 saturated heterocycles. The highest BCUT2D eigenvalue weighted by atomic mass is 16.1. The summed E-state index contributed by atoms with van der Waals surface area (Å²) < 4.78 is 0. The summed E-state index contributed by atoms with van der Waals surface area (Å²) in [6, 6.07) is 13.5. The first-order valence-electron chi connectivity index (χ1n) is 9.70. The highest BCUT2D eigenvalue weighted by Gasteiger charge is 2.26. The van der Waals surface area contributed by atoms with Crippen molar-refractivity contribution in [1.82, 2.24) is 25.2 Å². The molecule has 1 fully saturated rings. The largest absolute Gasteiger partial charge is 0.321 e. The zero-order valence-corrected chi connectivity index (χ0v) is 16.2. The van der Waals surface area contributed by atoms with Gasteiger partial charge < -0.3 is 10.2 Å². The Balaban J connectivity index is 1.28. The number of rotatable bonds is 4. The van der Waals surface area contributed by atoms with E-state index in [1.54, 1.807) is 0 Å². The van der Waals surface area contributed by atoms with Crippen LogP contribution < -0.4 is 5.32 Å². The predicted molar refractivity (Wildman–Crippen MR) is 111 cm³/mol. The number of benzene rings is 2. The van der Waals surface area contributed by atoms with Gasteiger partial charge in [-0.2, -0.15) is 0 Å². The summed E-state index contributed by atoms with van der Waals surface area (Å²) in [6.07, 6.45) is 0. The van der Waals surface area contributed by atoms with Gasteiger partial charge in [-0.1, -0.05) is 18.2 Å². The Morgan fingerprint density at radius 3 is 2.62 bits per heavy atom. The molecule has 2 aromatic carbocycles. The molecule has 8 heteroatoms. The summed E-state index contributed by atoms with van der Waals surface area (Å²) >= 11 is 0. The van der Waals surface area contributed by atoms with Crippen LogP contribution in [0.15, 0.2) is 47.5 Å². The molecular weight excluding hydrogens is 366 g/mol. The van der Waals surface area contributed by atoms with Gasteiger partial charge in [0, 0.05) is 38.4 Å². The summed E-state index contributed by atoms with van der Waals surface area (Å²) in [5, 5.41) is 15.5. The van der Waals surface area contributed by atoms with Crippen LogP contribution in [0.5, 0.6) is 0 Å². The average Bonchev–Trinajstić information content (AvgIpc) is 3.12. The van der Waals surface area contributed by atoms with Crippen LogP contribution in [-0.2, 0) is 11.3 Å². The molecule has 0 bridgehead atoms. The van der Waals surface area contributed by atoms with Gasteiger partial charge in [-0.25, -0.2) is 4.99 Å². The Morgan fingerprint density at radius 2 is 1.83 bits per heavy atom. The lowest BCUT2D eigenvalue weighted by Gasteiger charge is -2.32. The van der Waals surface area contributed by atoms with Crippen LogP contribution in [0.2, 0.25) is 0 Å². The van der Waals surface area contributed by atoms with Crippen molar-refractivity contribution in [2.45, 2.75) is 6.54 Å². The first-order valence-corrected chi connectivity index (χ1v) is 9.70. The summed E-state index contributed by atoms with van der Waals surface area (Å²) in [7, 11) is 2.16. The highest BCUT2D eigenvalue weighted by Crippen LogP contribution is 2.32. The molecule has 0 radical (unpaired) electrons. The Labute approximate surface area is 168 Å². The van der Waals surface area contributed by atoms with Gasteiger partial charge in [0.1, 0.15) is 5.69 Å². The molecule has 0 spiro atoms. The van der Waals surface area contributed by atoms with E-state index in [4.69, 9.17) is 0 Å². The molecule has 8 nitrogen and oxygen atoms in total. The highest BCUT2D eigenvalue weighted by molar-refractivity contribution is 6.52. The smallest absolute Gasteiger partial charge is 0.276 e. The molecule has 0 aliphatic carbocycles. The van der Waals surface area contributed by atoms with E-state index >= 15 is 0 Å². The van der Waals surface area contributed by atoms with Gasteiger partial charge >= 0.3 is 0 Å². The van der Waals surface area contributed by atoms with E-state index in [1.807, 2.05) is 30.3 Å². The summed E-state index contributed by atoms with van der Waals surface area (Å²) in [5.74, 6) is -0.296. The van der Waals surface area contributed by atoms with E-state index < -0.39 is 0 Å². The standard InChI is InChI=1S/C21H21N7O/c1-27-9-11-28(12-10-27)13-14-5-7-15(8-6-14)22-21(29)20-19-18-16(23-20)3-2-4-17(18)24-26-25-19/h2-8H,9-13H2,1H3,(H,22,29). The quantitative estimate of drug-likeness (QED) is 0.735. The minimum atomic E-state index is -0.296. The van der Waals surface area contributed by atoms with E-state index in [-0.39, 0.29) is 11.6 Å². The monoisotopic (exact) mass is 387 g/mol. The minimum Gasteiger partial charge on any atom is -0.321 e. The summed E-state index contributed by atoms with van der Waals surface area (Å²) in [5.41, 5.74) is 4.11. The number of likely N-dealkylation sites (N-methyl/N-ethyl adjacent to an activating group) is 1. The number of nitrogens with one attached hydrogen (secondary N) is 1. The molecule has 146 valence electrons. The number of hydrogen-bond donors (Lipinski definition) is 1. The molecule has 3 aromatic rings. The molecule has 0 unspecified atom stereocenters. The molecule has 5 rings (SSSR count). The van der Waals surface area contributed by atoms with E-state index in [9.17, 15) is 4.79 Å². The van der Waals surface area contributed by atoms with Crippen molar-refractivity contribution in [2.24, 2.45) is 4.99 Å². The topological polar surface area (TPSA) is 86.6 Å². The van der Waals surface area contributed by atoms with Crippen LogP contribution >= 0.6 is 0 Å². The van der Waals surface area contributed by atoms with E-state index in [2.05, 4.69) is 54.7 Å². The van der Waals surface area contributed by atoms with Crippen molar-refractivity contribution < 1.29 is 4.79 Å². The Kier molecular flexibility index (Phi) is 4.49. The van der Waals surface area contributed by atoms with Crippen LogP contribution in [0, 0.1) is 0 Å². The van der Waals surface area contributed by atoms with Crippen molar-refractivity contribution in [2.75, 3.05) is 38.5 Å². The Hall–Kier alpha value is -3.23. The van der Waals surface area contributed by atoms with E-state index in [1.165, 1.54) is 5.56 Å². The van der Waals surface area contributed by atoms with Crippen molar-refractivity contribution in [3.8, 4) is 0 Å². The van der Waals surface area contributed by atoms with E-state index in [0.717, 1.165) is 43.8 Å². The van der Waals surface area contributed by atoms with Crippen molar-refractivity contribution in [3.63, 3.8) is 0 Å². The molecule has 29 heavy (non-hydrogen) atoms. The maximum Gasteiger partial charge on any atom is 0.276 e. The first kappa shape index (κ1) is 17.8. The van der Waals surface area contributed by atoms with Gasteiger partial charge in [0.2, 0.25) is 0 Å². The van der Waals surface area contributed by atoms with Crippen molar-refractivity contribution >= 4 is 33.9 Å². The van der Waals surface area contributed by atoms with Gasteiger partial charge in [-0.3, -0.25) is 9.69 Å². The number of aliphatic imine (C=N–C) groups is 1. The van der Waals surface area contributed by atoms with Crippen LogP contribution in [0.3, 0.4) is 0 Å². The lowest BCUT2D eigenvalue weighted by atomic mass is 10.1. The third-order valence-electron chi connectivity index (χ3n) is 5.44. The normalized spacial score (nSPS) is 16.8. The lowest BCUT2D eigenvalue weighted by molar-refractivity contribution is -0.110. The third kappa shape index (κ3) is 3.48. The number of carbonyl (C=O) groups excluding carboxylic acids is 1. The van der Waals surface area contributed by atoms with Crippen LogP contribution in [-0.4, -0.2) is 70.1 Å². The SMILES string of the molecule is CN1CCN(Cc2ccc(NC(=O)C3=Nc4cccc5nnnc3c45)cc2)CC1. The molecule has 1 amide bonds. The zero-order valence-electron chi connectivity index (χ0n) is 16.2. The second kappa shape index (κ2) is 7.31. The fourth-order valence-electron chi connectivity index (χ4n) is 3.76. The minimum absolute atomic E-state index is 0.271. The summed E-state index contributed by atoms with van der Waals surface area (Å²) in [6.45, 7) is 5.29. The van der Waals surface area contributed by atoms with Crippen molar-refractivity contribution in [1.29, 1.82) is 0 Å². The fourth-order valence-corrected chi connectivity index (χ4v) is 3.76. The van der Waals surface area contributed by atoms with Gasteiger partial charge in [0.15, 0.2) is 5.71 Å². The Bertz CT molecular complexity index is 1100. The Morgan fingerprint density at radius 1 is 1.03 bits per heavy atom. The number of carbonyl (C=O) groups is 1. The van der Waals surface area contributed by atoms with Gasteiger partial charge in [0.25, 0.3) is 5.91 Å². The molecule has 2 aliphatic heterocycles. The number of piperazine rings is 1. The predicted octanol–water partition coefficient (Wildman–Crippen LogP) is 1.85. The maximum absolute atomic E-state index is 12.8. The molecule has 2 aliphatic rings. The van der Waals surface area contributed by atoms with Gasteiger partial charge in [0.05, 0.1) is 16.6 Å². The number of hydrogen-bond acceptors (Lipinski definition) is 7. The maximum atomic E-state index is 12.8. The number of anilines is 1. The van der Waals surface area contributed by atoms with Crippen LogP contribution in [0.25, 0.3) is 10.9 Å². The third-order valence-corrected chi connectivity index (χ3v) is 5.44. The second-order valence-corrected chi connectivity index (χ2v) is 7.50. The molecule has 0 saturated carbocycles. The molecule has 3 heterocycles. The zero-order chi connectivity index (χ0) is 19.8.